The third-order valence-electron chi connectivity index (χ3n) is 10.1. The van der Waals surface area contributed by atoms with Crippen LogP contribution in [0.2, 0.25) is 0 Å². The van der Waals surface area contributed by atoms with Gasteiger partial charge in [-0.2, -0.15) is 0 Å². The summed E-state index contributed by atoms with van der Waals surface area (Å²) in [6.45, 7) is 3.87. The summed E-state index contributed by atoms with van der Waals surface area (Å²) >= 11 is 3.23. The molecular formula is C38H43NO8S2. The van der Waals surface area contributed by atoms with Gasteiger partial charge in [-0.3, -0.25) is 19.2 Å². The Labute approximate surface area is 294 Å². The van der Waals surface area contributed by atoms with Crippen molar-refractivity contribution >= 4 is 66.9 Å². The van der Waals surface area contributed by atoms with Gasteiger partial charge in [0.2, 0.25) is 0 Å². The normalized spacial score (nSPS) is 22.3. The average molecular weight is 706 g/mol. The standard InChI is InChI=1S/C38H43NO8S2/c1-5-29(47-38(43)25-16-12-23(13-17-25)36(41)45-4)28-19-18-27(21(2)46-37(42)24-14-10-22(11-15-24)35(40)44-3)33-32(28)39-34(49-33)31-20-26-8-6-7-9-30(26)48-31/h6-9,18-25,29H,5,10-17H2,1-4H3. The van der Waals surface area contributed by atoms with Crippen molar-refractivity contribution in [1.82, 2.24) is 4.98 Å². The molecule has 0 amide bonds. The van der Waals surface area contributed by atoms with Crippen LogP contribution in [-0.2, 0) is 38.1 Å². The number of thiazole rings is 1. The molecule has 2 aliphatic carbocycles. The molecular weight excluding hydrogens is 663 g/mol. The maximum atomic E-state index is 13.4. The van der Waals surface area contributed by atoms with E-state index in [1.807, 2.05) is 38.1 Å². The number of hydrogen-bond acceptors (Lipinski definition) is 11. The van der Waals surface area contributed by atoms with Crippen LogP contribution in [-0.4, -0.2) is 43.1 Å². The minimum atomic E-state index is -0.536. The van der Waals surface area contributed by atoms with Crippen LogP contribution in [0, 0.1) is 23.7 Å². The van der Waals surface area contributed by atoms with E-state index < -0.39 is 12.2 Å². The number of carbonyl (C=O) groups excluding carboxylic acids is 4. The Morgan fingerprint density at radius 2 is 1.27 bits per heavy atom. The Hall–Kier alpha value is -3.83. The molecule has 0 saturated heterocycles. The molecule has 0 N–H and O–H groups in total. The molecule has 11 heteroatoms. The zero-order valence-corrected chi connectivity index (χ0v) is 30.0. The van der Waals surface area contributed by atoms with Crippen LogP contribution < -0.4 is 0 Å². The van der Waals surface area contributed by atoms with Crippen LogP contribution in [0.1, 0.15) is 95.0 Å². The first-order valence-corrected chi connectivity index (χ1v) is 18.8. The first-order chi connectivity index (χ1) is 23.7. The molecule has 4 aromatic rings. The maximum Gasteiger partial charge on any atom is 0.309 e. The molecule has 2 aromatic carbocycles. The molecule has 9 nitrogen and oxygen atoms in total. The lowest BCUT2D eigenvalue weighted by Crippen LogP contribution is -2.28. The van der Waals surface area contributed by atoms with E-state index in [9.17, 15) is 19.2 Å². The fourth-order valence-corrected chi connectivity index (χ4v) is 9.52. The Morgan fingerprint density at radius 1 is 0.735 bits per heavy atom. The van der Waals surface area contributed by atoms with Crippen molar-refractivity contribution in [2.75, 3.05) is 14.2 Å². The Kier molecular flexibility index (Phi) is 11.0. The first-order valence-electron chi connectivity index (χ1n) is 17.2. The van der Waals surface area contributed by atoms with Gasteiger partial charge in [0.05, 0.1) is 53.0 Å². The molecule has 0 bridgehead atoms. The number of rotatable bonds is 10. The van der Waals surface area contributed by atoms with E-state index in [-0.39, 0.29) is 47.5 Å². The molecule has 2 aromatic heterocycles. The van der Waals surface area contributed by atoms with Gasteiger partial charge in [0.15, 0.2) is 0 Å². The number of benzene rings is 2. The molecule has 49 heavy (non-hydrogen) atoms. The van der Waals surface area contributed by atoms with Crippen molar-refractivity contribution < 1.29 is 38.1 Å². The molecule has 2 unspecified atom stereocenters. The zero-order valence-electron chi connectivity index (χ0n) is 28.4. The maximum absolute atomic E-state index is 13.4. The van der Waals surface area contributed by atoms with Crippen LogP contribution >= 0.6 is 22.7 Å². The van der Waals surface area contributed by atoms with Crippen LogP contribution in [0.4, 0.5) is 0 Å². The topological polar surface area (TPSA) is 118 Å². The molecule has 0 aliphatic heterocycles. The third kappa shape index (κ3) is 7.52. The molecule has 2 aliphatic rings. The van der Waals surface area contributed by atoms with Crippen LogP contribution in [0.25, 0.3) is 30.2 Å². The SMILES string of the molecule is CCC(OC(=O)C1CCC(C(=O)OC)CC1)c1ccc(C(C)OC(=O)C2CCC(C(=O)OC)CC2)c2sc(-c3cc4ccccc4s3)nc12. The Bertz CT molecular complexity index is 1800. The highest BCUT2D eigenvalue weighted by molar-refractivity contribution is 7.28. The van der Waals surface area contributed by atoms with Crippen molar-refractivity contribution in [3.05, 3.63) is 53.6 Å². The van der Waals surface area contributed by atoms with Crippen molar-refractivity contribution in [2.45, 2.75) is 83.8 Å². The summed E-state index contributed by atoms with van der Waals surface area (Å²) in [6.07, 6.45) is 4.29. The Morgan fingerprint density at radius 3 is 1.82 bits per heavy atom. The molecule has 6 rings (SSSR count). The second-order valence-electron chi connectivity index (χ2n) is 13.1. The predicted molar refractivity (Wildman–Crippen MR) is 189 cm³/mol. The van der Waals surface area contributed by atoms with Crippen molar-refractivity contribution in [3.63, 3.8) is 0 Å². The van der Waals surface area contributed by atoms with Gasteiger partial charge in [-0.15, -0.1) is 22.7 Å². The smallest absolute Gasteiger partial charge is 0.309 e. The van der Waals surface area contributed by atoms with Gasteiger partial charge in [-0.1, -0.05) is 37.3 Å². The van der Waals surface area contributed by atoms with Gasteiger partial charge in [0.1, 0.15) is 17.2 Å². The van der Waals surface area contributed by atoms with E-state index in [4.69, 9.17) is 23.9 Å². The number of methoxy groups -OCH3 is 2. The number of aromatic nitrogens is 1. The van der Waals surface area contributed by atoms with Gasteiger partial charge in [0.25, 0.3) is 0 Å². The molecule has 0 spiro atoms. The second kappa shape index (κ2) is 15.4. The fourth-order valence-electron chi connectivity index (χ4n) is 7.22. The lowest BCUT2D eigenvalue weighted by Gasteiger charge is -2.28. The number of hydrogen-bond donors (Lipinski definition) is 0. The van der Waals surface area contributed by atoms with Crippen LogP contribution in [0.5, 0.6) is 0 Å². The summed E-state index contributed by atoms with van der Waals surface area (Å²) in [4.78, 5) is 56.9. The molecule has 2 saturated carbocycles. The van der Waals surface area contributed by atoms with E-state index in [1.54, 1.807) is 22.7 Å². The van der Waals surface area contributed by atoms with Gasteiger partial charge in [-0.05, 0) is 82.2 Å². The lowest BCUT2D eigenvalue weighted by atomic mass is 9.82. The highest BCUT2D eigenvalue weighted by Crippen LogP contribution is 2.44. The zero-order chi connectivity index (χ0) is 34.7. The second-order valence-corrected chi connectivity index (χ2v) is 15.2. The summed E-state index contributed by atoms with van der Waals surface area (Å²) in [6, 6.07) is 14.3. The average Bonchev–Trinajstić information content (AvgIpc) is 3.78. The summed E-state index contributed by atoms with van der Waals surface area (Å²) in [5.74, 6) is -1.82. The lowest BCUT2D eigenvalue weighted by molar-refractivity contribution is -0.158. The summed E-state index contributed by atoms with van der Waals surface area (Å²) in [7, 11) is 2.80. The van der Waals surface area contributed by atoms with Gasteiger partial charge < -0.3 is 18.9 Å². The van der Waals surface area contributed by atoms with E-state index in [1.165, 1.54) is 18.9 Å². The molecule has 2 heterocycles. The summed E-state index contributed by atoms with van der Waals surface area (Å²) in [5.41, 5.74) is 2.41. The third-order valence-corrected chi connectivity index (χ3v) is 12.5. The van der Waals surface area contributed by atoms with Gasteiger partial charge in [0, 0.05) is 15.8 Å². The predicted octanol–water partition coefficient (Wildman–Crippen LogP) is 8.74. The van der Waals surface area contributed by atoms with Crippen LogP contribution in [0.15, 0.2) is 42.5 Å². The van der Waals surface area contributed by atoms with Crippen molar-refractivity contribution in [1.29, 1.82) is 0 Å². The number of carbonyl (C=O) groups is 4. The summed E-state index contributed by atoms with van der Waals surface area (Å²) < 4.78 is 24.1. The number of nitrogens with zero attached hydrogens (tertiary/aromatic N) is 1. The Balaban J connectivity index is 1.26. The van der Waals surface area contributed by atoms with Crippen molar-refractivity contribution in [2.24, 2.45) is 23.7 Å². The highest BCUT2D eigenvalue weighted by Gasteiger charge is 2.35. The number of ether oxygens (including phenoxy) is 4. The quantitative estimate of drug-likeness (QED) is 0.118. The van der Waals surface area contributed by atoms with E-state index in [2.05, 4.69) is 18.2 Å². The largest absolute Gasteiger partial charge is 0.469 e. The highest BCUT2D eigenvalue weighted by atomic mass is 32.1. The van der Waals surface area contributed by atoms with E-state index in [0.717, 1.165) is 36.6 Å². The molecule has 2 atom stereocenters. The van der Waals surface area contributed by atoms with Gasteiger partial charge in [-0.25, -0.2) is 4.98 Å². The molecule has 0 radical (unpaired) electrons. The number of fused-ring (bicyclic) bond motifs is 2. The van der Waals surface area contributed by atoms with Gasteiger partial charge >= 0.3 is 23.9 Å². The monoisotopic (exact) mass is 705 g/mol. The van der Waals surface area contributed by atoms with E-state index in [0.29, 0.717) is 57.8 Å². The fraction of sp³-hybridized carbons (Fsp3) is 0.500. The number of thiophene rings is 1. The molecule has 2 fully saturated rings. The minimum absolute atomic E-state index is 0.168. The number of esters is 4. The van der Waals surface area contributed by atoms with E-state index >= 15 is 0 Å². The van der Waals surface area contributed by atoms with Crippen LogP contribution in [0.3, 0.4) is 0 Å². The summed E-state index contributed by atoms with van der Waals surface area (Å²) in [5, 5.41) is 2.00. The molecule has 260 valence electrons. The minimum Gasteiger partial charge on any atom is -0.469 e. The van der Waals surface area contributed by atoms with Crippen molar-refractivity contribution in [3.8, 4) is 9.88 Å². The first kappa shape index (κ1) is 35.0.